The van der Waals surface area contributed by atoms with Gasteiger partial charge in [-0.25, -0.2) is 0 Å². The lowest BCUT2D eigenvalue weighted by Gasteiger charge is -2.37. The van der Waals surface area contributed by atoms with Crippen LogP contribution >= 0.6 is 0 Å². The lowest BCUT2D eigenvalue weighted by molar-refractivity contribution is -0.183. The van der Waals surface area contributed by atoms with E-state index in [2.05, 4.69) is 0 Å². The zero-order chi connectivity index (χ0) is 19.6. The maximum atomic E-state index is 13.0. The van der Waals surface area contributed by atoms with Gasteiger partial charge in [0, 0.05) is 28.2 Å². The first-order chi connectivity index (χ1) is 13.4. The van der Waals surface area contributed by atoms with E-state index in [4.69, 9.17) is 9.47 Å². The first-order valence-corrected chi connectivity index (χ1v) is 9.48. The molecule has 6 heteroatoms. The van der Waals surface area contributed by atoms with E-state index in [0.29, 0.717) is 43.6 Å². The number of carbonyl (C=O) groups excluding carboxylic acids is 2. The Labute approximate surface area is 161 Å². The molecule has 2 aromatic rings. The monoisotopic (exact) mass is 380 g/mol. The number of hydrogen-bond donors (Lipinski definition) is 2. The lowest BCUT2D eigenvalue weighted by Crippen LogP contribution is -2.39. The highest BCUT2D eigenvalue weighted by molar-refractivity contribution is 6.30. The van der Waals surface area contributed by atoms with Crippen molar-refractivity contribution in [3.63, 3.8) is 0 Å². The molecule has 2 aliphatic carbocycles. The molecule has 6 nitrogen and oxygen atoms in total. The van der Waals surface area contributed by atoms with Gasteiger partial charge in [0.2, 0.25) is 0 Å². The molecule has 2 aromatic carbocycles. The molecule has 1 unspecified atom stereocenters. The van der Waals surface area contributed by atoms with Gasteiger partial charge in [0.25, 0.3) is 0 Å². The van der Waals surface area contributed by atoms with Crippen LogP contribution in [0.4, 0.5) is 0 Å². The van der Waals surface area contributed by atoms with Crippen LogP contribution < -0.4 is 0 Å². The Kier molecular flexibility index (Phi) is 3.66. The van der Waals surface area contributed by atoms with Crippen molar-refractivity contribution < 1.29 is 29.3 Å². The molecule has 1 aliphatic heterocycles. The minimum Gasteiger partial charge on any atom is -0.507 e. The molecule has 1 heterocycles. The van der Waals surface area contributed by atoms with E-state index in [0.717, 1.165) is 0 Å². The van der Waals surface area contributed by atoms with Crippen LogP contribution in [0, 0.1) is 5.92 Å². The van der Waals surface area contributed by atoms with E-state index < -0.39 is 17.4 Å². The molecular weight excluding hydrogens is 360 g/mol. The predicted molar refractivity (Wildman–Crippen MR) is 98.9 cm³/mol. The number of carbonyl (C=O) groups is 2. The lowest BCUT2D eigenvalue weighted by atomic mass is 9.74. The zero-order valence-electron chi connectivity index (χ0n) is 15.4. The molecule has 3 aliphatic rings. The number of benzene rings is 2. The van der Waals surface area contributed by atoms with Gasteiger partial charge in [-0.2, -0.15) is 0 Å². The summed E-state index contributed by atoms with van der Waals surface area (Å²) in [6.07, 6.45) is 1.56. The van der Waals surface area contributed by atoms with Crippen LogP contribution in [0.5, 0.6) is 11.5 Å². The summed E-state index contributed by atoms with van der Waals surface area (Å²) in [5.74, 6) is -2.04. The fourth-order valence-corrected chi connectivity index (χ4v) is 4.78. The third kappa shape index (κ3) is 2.22. The Morgan fingerprint density at radius 2 is 1.46 bits per heavy atom. The number of aromatic hydroxyl groups is 2. The number of fused-ring (bicyclic) bond motifs is 3. The Balaban J connectivity index is 1.67. The van der Waals surface area contributed by atoms with Crippen LogP contribution in [-0.4, -0.2) is 40.8 Å². The molecule has 0 bridgehead atoms. The molecule has 28 heavy (non-hydrogen) atoms. The largest absolute Gasteiger partial charge is 0.507 e. The van der Waals surface area contributed by atoms with Crippen molar-refractivity contribution in [1.82, 2.24) is 0 Å². The number of ether oxygens (including phenoxy) is 2. The first kappa shape index (κ1) is 17.4. The Morgan fingerprint density at radius 1 is 0.929 bits per heavy atom. The molecular formula is C22H20O6. The minimum absolute atomic E-state index is 0.0208. The van der Waals surface area contributed by atoms with Crippen LogP contribution in [0.3, 0.4) is 0 Å². The second-order valence-electron chi connectivity index (χ2n) is 7.76. The summed E-state index contributed by atoms with van der Waals surface area (Å²) < 4.78 is 11.5. The van der Waals surface area contributed by atoms with Gasteiger partial charge in [0.15, 0.2) is 17.4 Å². The van der Waals surface area contributed by atoms with Gasteiger partial charge >= 0.3 is 0 Å². The zero-order valence-corrected chi connectivity index (χ0v) is 15.4. The average Bonchev–Trinajstić information content (AvgIpc) is 3.16. The molecule has 0 spiro atoms. The Bertz CT molecular complexity index is 1030. The third-order valence-corrected chi connectivity index (χ3v) is 6.33. The van der Waals surface area contributed by atoms with E-state index in [-0.39, 0.29) is 39.7 Å². The van der Waals surface area contributed by atoms with Gasteiger partial charge < -0.3 is 19.7 Å². The van der Waals surface area contributed by atoms with Crippen molar-refractivity contribution in [2.24, 2.45) is 5.92 Å². The smallest absolute Gasteiger partial charge is 0.198 e. The predicted octanol–water partition coefficient (Wildman–Crippen LogP) is 2.74. The summed E-state index contributed by atoms with van der Waals surface area (Å²) in [5, 5.41) is 21.9. The summed E-state index contributed by atoms with van der Waals surface area (Å²) in [7, 11) is 0. The number of phenols is 2. The highest BCUT2D eigenvalue weighted by Crippen LogP contribution is 2.48. The van der Waals surface area contributed by atoms with Gasteiger partial charge in [0.05, 0.1) is 24.3 Å². The van der Waals surface area contributed by atoms with Crippen molar-refractivity contribution in [3.8, 4) is 11.5 Å². The van der Waals surface area contributed by atoms with Gasteiger partial charge in [-0.3, -0.25) is 9.59 Å². The molecule has 0 saturated carbocycles. The molecule has 2 N–H and O–H groups in total. The average molecular weight is 380 g/mol. The van der Waals surface area contributed by atoms with Crippen molar-refractivity contribution in [2.75, 3.05) is 13.2 Å². The highest BCUT2D eigenvalue weighted by Gasteiger charge is 2.44. The topological polar surface area (TPSA) is 93.1 Å². The normalized spacial score (nSPS) is 22.5. The van der Waals surface area contributed by atoms with E-state index in [1.54, 1.807) is 24.3 Å². The minimum atomic E-state index is -0.748. The van der Waals surface area contributed by atoms with Crippen molar-refractivity contribution in [2.45, 2.75) is 32.0 Å². The SMILES string of the molecule is CC1(C2CCc3c(O)c4c(c(O)c3C2)C(=O)c2ccccc2C4=O)OCCO1. The number of hydrogen-bond acceptors (Lipinski definition) is 6. The second-order valence-corrected chi connectivity index (χ2v) is 7.76. The van der Waals surface area contributed by atoms with Crippen LogP contribution in [0.15, 0.2) is 24.3 Å². The number of rotatable bonds is 1. The third-order valence-electron chi connectivity index (χ3n) is 6.33. The summed E-state index contributed by atoms with van der Waals surface area (Å²) in [5.41, 5.74) is 1.36. The maximum absolute atomic E-state index is 13.0. The van der Waals surface area contributed by atoms with Crippen LogP contribution in [0.1, 0.15) is 56.3 Å². The molecule has 0 radical (unpaired) electrons. The molecule has 1 fully saturated rings. The van der Waals surface area contributed by atoms with E-state index in [1.165, 1.54) is 0 Å². The van der Waals surface area contributed by atoms with Crippen LogP contribution in [-0.2, 0) is 22.3 Å². The summed E-state index contributed by atoms with van der Waals surface area (Å²) in [6, 6.07) is 6.49. The fraction of sp³-hybridized carbons (Fsp3) is 0.364. The molecule has 1 saturated heterocycles. The Morgan fingerprint density at radius 3 is 2.04 bits per heavy atom. The number of ketones is 2. The standard InChI is InChI=1S/C22H20O6/c1-22(27-8-9-28-22)11-6-7-14-15(10-11)21(26)17-16(20(14)25)18(23)12-4-2-3-5-13(12)19(17)24/h2-5,11,25-26H,6-10H2,1H3. The maximum Gasteiger partial charge on any atom is 0.198 e. The molecule has 0 amide bonds. The van der Waals surface area contributed by atoms with Crippen molar-refractivity contribution in [1.29, 1.82) is 0 Å². The fourth-order valence-electron chi connectivity index (χ4n) is 4.78. The van der Waals surface area contributed by atoms with Gasteiger partial charge in [-0.1, -0.05) is 24.3 Å². The first-order valence-electron chi connectivity index (χ1n) is 9.48. The molecule has 0 aromatic heterocycles. The molecule has 5 rings (SSSR count). The summed E-state index contributed by atoms with van der Waals surface area (Å²) in [6.45, 7) is 2.92. The van der Waals surface area contributed by atoms with E-state index in [9.17, 15) is 19.8 Å². The Hall–Kier alpha value is -2.70. The number of phenolic OH excluding ortho intramolecular Hbond substituents is 2. The van der Waals surface area contributed by atoms with Crippen molar-refractivity contribution in [3.05, 3.63) is 57.6 Å². The van der Waals surface area contributed by atoms with Gasteiger partial charge in [-0.15, -0.1) is 0 Å². The van der Waals surface area contributed by atoms with Crippen LogP contribution in [0.25, 0.3) is 0 Å². The van der Waals surface area contributed by atoms with Crippen molar-refractivity contribution >= 4 is 11.6 Å². The summed E-state index contributed by atoms with van der Waals surface area (Å²) >= 11 is 0. The molecule has 1 atom stereocenters. The van der Waals surface area contributed by atoms with E-state index >= 15 is 0 Å². The van der Waals surface area contributed by atoms with Crippen LogP contribution in [0.2, 0.25) is 0 Å². The van der Waals surface area contributed by atoms with E-state index in [1.807, 2.05) is 6.92 Å². The molecule has 144 valence electrons. The second kappa shape index (κ2) is 5.90. The van der Waals surface area contributed by atoms with Gasteiger partial charge in [-0.05, 0) is 26.2 Å². The van der Waals surface area contributed by atoms with Gasteiger partial charge in [0.1, 0.15) is 11.5 Å². The quantitative estimate of drug-likeness (QED) is 0.631. The summed E-state index contributed by atoms with van der Waals surface area (Å²) in [4.78, 5) is 26.0. The highest BCUT2D eigenvalue weighted by atomic mass is 16.7.